The summed E-state index contributed by atoms with van der Waals surface area (Å²) in [6.45, 7) is 5.52. The van der Waals surface area contributed by atoms with Crippen LogP contribution in [-0.2, 0) is 6.54 Å². The van der Waals surface area contributed by atoms with Crippen LogP contribution < -0.4 is 10.6 Å². The molecule has 23 heavy (non-hydrogen) atoms. The highest BCUT2D eigenvalue weighted by atomic mass is 35.5. The fraction of sp³-hybridized carbons (Fsp3) is 0.353. The highest BCUT2D eigenvalue weighted by Crippen LogP contribution is 2.09. The average molecular weight is 333 g/mol. The summed E-state index contributed by atoms with van der Waals surface area (Å²) in [6.07, 6.45) is 2.61. The minimum atomic E-state index is -0.228. The van der Waals surface area contributed by atoms with Crippen LogP contribution >= 0.6 is 11.6 Å². The number of hydrogen-bond acceptors (Lipinski definition) is 4. The maximum atomic E-state index is 12.2. The van der Waals surface area contributed by atoms with Crippen molar-refractivity contribution in [1.82, 2.24) is 15.3 Å². The molecule has 2 N–H and O–H groups in total. The molecule has 0 spiro atoms. The van der Waals surface area contributed by atoms with Gasteiger partial charge in [0.2, 0.25) is 5.95 Å². The van der Waals surface area contributed by atoms with E-state index in [1.807, 2.05) is 12.1 Å². The molecule has 0 bridgehead atoms. The Morgan fingerprint density at radius 3 is 2.65 bits per heavy atom. The second-order valence-electron chi connectivity index (χ2n) is 5.68. The highest BCUT2D eigenvalue weighted by molar-refractivity contribution is 6.30. The number of benzene rings is 1. The lowest BCUT2D eigenvalue weighted by molar-refractivity contribution is 0.0946. The number of amides is 1. The van der Waals surface area contributed by atoms with E-state index in [-0.39, 0.29) is 5.91 Å². The van der Waals surface area contributed by atoms with Crippen molar-refractivity contribution < 1.29 is 4.79 Å². The monoisotopic (exact) mass is 332 g/mol. The van der Waals surface area contributed by atoms with Gasteiger partial charge in [0, 0.05) is 24.3 Å². The van der Waals surface area contributed by atoms with E-state index in [2.05, 4.69) is 34.4 Å². The van der Waals surface area contributed by atoms with Gasteiger partial charge in [-0.1, -0.05) is 37.6 Å². The summed E-state index contributed by atoms with van der Waals surface area (Å²) in [6, 6.07) is 8.95. The van der Waals surface area contributed by atoms with Gasteiger partial charge in [-0.05, 0) is 36.1 Å². The Labute approximate surface area is 141 Å². The fourth-order valence-corrected chi connectivity index (χ4v) is 2.04. The van der Waals surface area contributed by atoms with Crippen LogP contribution in [0.2, 0.25) is 5.02 Å². The molecule has 0 saturated carbocycles. The largest absolute Gasteiger partial charge is 0.354 e. The van der Waals surface area contributed by atoms with Crippen molar-refractivity contribution in [2.75, 3.05) is 11.9 Å². The van der Waals surface area contributed by atoms with Gasteiger partial charge in [0.15, 0.2) is 0 Å². The second kappa shape index (κ2) is 8.48. The molecule has 2 aromatic rings. The van der Waals surface area contributed by atoms with Crippen molar-refractivity contribution in [3.63, 3.8) is 0 Å². The van der Waals surface area contributed by atoms with Crippen LogP contribution in [0.5, 0.6) is 0 Å². The molecule has 0 unspecified atom stereocenters. The van der Waals surface area contributed by atoms with Gasteiger partial charge in [0.25, 0.3) is 5.91 Å². The molecule has 6 heteroatoms. The summed E-state index contributed by atoms with van der Waals surface area (Å²) in [5.74, 6) is 0.854. The number of aromatic nitrogens is 2. The van der Waals surface area contributed by atoms with E-state index in [0.29, 0.717) is 29.1 Å². The van der Waals surface area contributed by atoms with E-state index >= 15 is 0 Å². The van der Waals surface area contributed by atoms with Gasteiger partial charge in [-0.2, -0.15) is 0 Å². The molecule has 0 radical (unpaired) electrons. The molecular formula is C17H21ClN4O. The average Bonchev–Trinajstić information content (AvgIpc) is 2.54. The van der Waals surface area contributed by atoms with Gasteiger partial charge in [-0.3, -0.25) is 4.79 Å². The standard InChI is InChI=1S/C17H21ClN4O/c1-12(2)7-9-19-17-20-10-8-15(22-17)16(23)21-11-13-3-5-14(18)6-4-13/h3-6,8,10,12H,7,9,11H2,1-2H3,(H,21,23)(H,19,20,22). The zero-order chi connectivity index (χ0) is 16.7. The van der Waals surface area contributed by atoms with Crippen molar-refractivity contribution >= 4 is 23.5 Å². The molecule has 122 valence electrons. The second-order valence-corrected chi connectivity index (χ2v) is 6.12. The van der Waals surface area contributed by atoms with Crippen molar-refractivity contribution in [2.45, 2.75) is 26.8 Å². The van der Waals surface area contributed by atoms with E-state index in [1.165, 1.54) is 0 Å². The molecule has 1 heterocycles. The molecule has 0 aliphatic heterocycles. The summed E-state index contributed by atoms with van der Waals surface area (Å²) >= 11 is 5.84. The van der Waals surface area contributed by atoms with Gasteiger partial charge in [-0.25, -0.2) is 9.97 Å². The quantitative estimate of drug-likeness (QED) is 0.814. The molecule has 0 saturated heterocycles. The first-order valence-corrected chi connectivity index (χ1v) is 8.02. The third kappa shape index (κ3) is 5.87. The summed E-state index contributed by atoms with van der Waals surface area (Å²) in [5.41, 5.74) is 1.33. The number of halogens is 1. The Morgan fingerprint density at radius 2 is 1.96 bits per heavy atom. The number of anilines is 1. The smallest absolute Gasteiger partial charge is 0.270 e. The lowest BCUT2D eigenvalue weighted by Gasteiger charge is -2.08. The van der Waals surface area contributed by atoms with Crippen molar-refractivity contribution in [3.8, 4) is 0 Å². The van der Waals surface area contributed by atoms with Crippen LogP contribution in [0.1, 0.15) is 36.3 Å². The number of rotatable bonds is 7. The summed E-state index contributed by atoms with van der Waals surface area (Å²) < 4.78 is 0. The fourth-order valence-electron chi connectivity index (χ4n) is 1.92. The molecule has 2 rings (SSSR count). The first-order chi connectivity index (χ1) is 11.0. The molecule has 0 fully saturated rings. The van der Waals surface area contributed by atoms with Gasteiger partial charge >= 0.3 is 0 Å². The third-order valence-corrected chi connectivity index (χ3v) is 3.51. The zero-order valence-corrected chi connectivity index (χ0v) is 14.1. The first kappa shape index (κ1) is 17.2. The summed E-state index contributed by atoms with van der Waals surface area (Å²) in [7, 11) is 0. The lowest BCUT2D eigenvalue weighted by atomic mass is 10.1. The molecule has 1 aromatic heterocycles. The van der Waals surface area contributed by atoms with Gasteiger partial charge in [0.1, 0.15) is 5.69 Å². The normalized spacial score (nSPS) is 10.6. The lowest BCUT2D eigenvalue weighted by Crippen LogP contribution is -2.24. The number of nitrogens with zero attached hydrogens (tertiary/aromatic N) is 2. The van der Waals surface area contributed by atoms with E-state index in [1.54, 1.807) is 24.4 Å². The zero-order valence-electron chi connectivity index (χ0n) is 13.3. The molecule has 0 aliphatic carbocycles. The Balaban J connectivity index is 1.90. The van der Waals surface area contributed by atoms with Crippen LogP contribution in [-0.4, -0.2) is 22.4 Å². The van der Waals surface area contributed by atoms with Crippen LogP contribution in [0.25, 0.3) is 0 Å². The predicted molar refractivity (Wildman–Crippen MR) is 92.6 cm³/mol. The van der Waals surface area contributed by atoms with Crippen LogP contribution in [0, 0.1) is 5.92 Å². The number of carbonyl (C=O) groups is 1. The SMILES string of the molecule is CC(C)CCNc1nccc(C(=O)NCc2ccc(Cl)cc2)n1. The molecule has 0 aliphatic rings. The first-order valence-electron chi connectivity index (χ1n) is 7.64. The van der Waals surface area contributed by atoms with E-state index < -0.39 is 0 Å². The molecular weight excluding hydrogens is 312 g/mol. The number of nitrogens with one attached hydrogen (secondary N) is 2. The minimum Gasteiger partial charge on any atom is -0.354 e. The summed E-state index contributed by atoms with van der Waals surface area (Å²) in [4.78, 5) is 20.5. The number of hydrogen-bond donors (Lipinski definition) is 2. The van der Waals surface area contributed by atoms with Gasteiger partial charge in [0.05, 0.1) is 0 Å². The molecule has 0 atom stereocenters. The Hall–Kier alpha value is -2.14. The predicted octanol–water partition coefficient (Wildman–Crippen LogP) is 3.52. The van der Waals surface area contributed by atoms with Crippen molar-refractivity contribution in [1.29, 1.82) is 0 Å². The van der Waals surface area contributed by atoms with Gasteiger partial charge in [-0.15, -0.1) is 0 Å². The summed E-state index contributed by atoms with van der Waals surface area (Å²) in [5, 5.41) is 6.64. The van der Waals surface area contributed by atoms with Crippen LogP contribution in [0.3, 0.4) is 0 Å². The van der Waals surface area contributed by atoms with Crippen molar-refractivity contribution in [2.24, 2.45) is 5.92 Å². The molecule has 1 amide bonds. The Morgan fingerprint density at radius 1 is 1.22 bits per heavy atom. The van der Waals surface area contributed by atoms with Crippen LogP contribution in [0.15, 0.2) is 36.5 Å². The maximum absolute atomic E-state index is 12.2. The molecule has 5 nitrogen and oxygen atoms in total. The maximum Gasteiger partial charge on any atom is 0.270 e. The minimum absolute atomic E-state index is 0.228. The number of carbonyl (C=O) groups excluding carboxylic acids is 1. The Bertz CT molecular complexity index is 643. The van der Waals surface area contributed by atoms with Crippen molar-refractivity contribution in [3.05, 3.63) is 52.8 Å². The van der Waals surface area contributed by atoms with E-state index in [4.69, 9.17) is 11.6 Å². The van der Waals surface area contributed by atoms with Gasteiger partial charge < -0.3 is 10.6 Å². The van der Waals surface area contributed by atoms with E-state index in [0.717, 1.165) is 18.5 Å². The third-order valence-electron chi connectivity index (χ3n) is 3.26. The highest BCUT2D eigenvalue weighted by Gasteiger charge is 2.08. The molecule has 1 aromatic carbocycles. The topological polar surface area (TPSA) is 66.9 Å². The Kier molecular flexibility index (Phi) is 6.35. The van der Waals surface area contributed by atoms with Crippen LogP contribution in [0.4, 0.5) is 5.95 Å². The van der Waals surface area contributed by atoms with E-state index in [9.17, 15) is 4.79 Å².